The zero-order valence-electron chi connectivity index (χ0n) is 22.3. The van der Waals surface area contributed by atoms with Crippen LogP contribution in [0.4, 0.5) is 17.1 Å². The lowest BCUT2D eigenvalue weighted by atomic mass is 9.78. The quantitative estimate of drug-likeness (QED) is 0.218. The number of para-hydroxylation sites is 2. The van der Waals surface area contributed by atoms with Crippen LogP contribution in [0.5, 0.6) is 5.75 Å². The zero-order valence-corrected chi connectivity index (χ0v) is 22.3. The maximum absolute atomic E-state index is 14.3. The first-order chi connectivity index (χ1) is 19.9. The summed E-state index contributed by atoms with van der Waals surface area (Å²) >= 11 is 0. The topological polar surface area (TPSA) is 102 Å². The number of allylic oxidation sites excluding steroid dienone is 1. The van der Waals surface area contributed by atoms with Crippen molar-refractivity contribution in [2.24, 2.45) is 0 Å². The largest absolute Gasteiger partial charge is 0.497 e. The molecule has 0 bridgehead atoms. The number of anilines is 2. The van der Waals surface area contributed by atoms with Gasteiger partial charge < -0.3 is 10.1 Å². The first kappa shape index (κ1) is 26.0. The third-order valence-corrected chi connectivity index (χ3v) is 7.71. The molecular formula is C33H27N3O5. The summed E-state index contributed by atoms with van der Waals surface area (Å²) in [7, 11) is 1.61. The molecule has 0 aromatic heterocycles. The Bertz CT molecular complexity index is 1680. The molecule has 41 heavy (non-hydrogen) atoms. The fourth-order valence-electron chi connectivity index (χ4n) is 5.77. The minimum Gasteiger partial charge on any atom is -0.497 e. The maximum Gasteiger partial charge on any atom is 0.269 e. The number of hydrogen-bond acceptors (Lipinski definition) is 6. The second-order valence-corrected chi connectivity index (χ2v) is 10.1. The van der Waals surface area contributed by atoms with Gasteiger partial charge in [0.2, 0.25) is 0 Å². The van der Waals surface area contributed by atoms with Crippen LogP contribution in [0.25, 0.3) is 0 Å². The second kappa shape index (κ2) is 10.7. The predicted octanol–water partition coefficient (Wildman–Crippen LogP) is 6.82. The Kier molecular flexibility index (Phi) is 6.81. The van der Waals surface area contributed by atoms with Crippen LogP contribution >= 0.6 is 0 Å². The fourth-order valence-corrected chi connectivity index (χ4v) is 5.77. The highest BCUT2D eigenvalue weighted by atomic mass is 16.6. The highest BCUT2D eigenvalue weighted by Gasteiger charge is 2.42. The van der Waals surface area contributed by atoms with Crippen molar-refractivity contribution in [2.45, 2.75) is 24.8 Å². The summed E-state index contributed by atoms with van der Waals surface area (Å²) < 4.78 is 5.31. The molecule has 2 atom stereocenters. The predicted molar refractivity (Wildman–Crippen MR) is 156 cm³/mol. The number of nitro benzene ring substituents is 1. The van der Waals surface area contributed by atoms with Crippen molar-refractivity contribution in [1.82, 2.24) is 0 Å². The van der Waals surface area contributed by atoms with E-state index in [1.807, 2.05) is 54.6 Å². The molecule has 4 aromatic rings. The Balaban J connectivity index is 1.55. The van der Waals surface area contributed by atoms with Gasteiger partial charge in [-0.3, -0.25) is 24.6 Å². The van der Waals surface area contributed by atoms with E-state index < -0.39 is 11.0 Å². The summed E-state index contributed by atoms with van der Waals surface area (Å²) in [6.45, 7) is 0. The average molecular weight is 546 g/mol. The molecule has 0 spiro atoms. The third-order valence-electron chi connectivity index (χ3n) is 7.71. The third kappa shape index (κ3) is 4.84. The van der Waals surface area contributed by atoms with Crippen LogP contribution in [0.15, 0.2) is 114 Å². The van der Waals surface area contributed by atoms with Crippen molar-refractivity contribution in [3.63, 3.8) is 0 Å². The van der Waals surface area contributed by atoms with E-state index in [1.54, 1.807) is 48.4 Å². The molecule has 0 saturated heterocycles. The van der Waals surface area contributed by atoms with Gasteiger partial charge in [-0.15, -0.1) is 0 Å². The van der Waals surface area contributed by atoms with E-state index in [9.17, 15) is 19.7 Å². The highest BCUT2D eigenvalue weighted by molar-refractivity contribution is 6.12. The summed E-state index contributed by atoms with van der Waals surface area (Å²) in [5, 5.41) is 15.3. The van der Waals surface area contributed by atoms with Crippen LogP contribution in [0, 0.1) is 10.1 Å². The number of non-ortho nitro benzene ring substituents is 1. The number of carbonyl (C=O) groups excluding carboxylic acids is 2. The van der Waals surface area contributed by atoms with Gasteiger partial charge in [-0.25, -0.2) is 0 Å². The molecular weight excluding hydrogens is 518 g/mol. The Labute approximate surface area is 237 Å². The summed E-state index contributed by atoms with van der Waals surface area (Å²) in [6.07, 6.45) is 0.766. The van der Waals surface area contributed by atoms with E-state index >= 15 is 0 Å². The van der Waals surface area contributed by atoms with Crippen LogP contribution in [0.1, 0.15) is 46.3 Å². The van der Waals surface area contributed by atoms with Gasteiger partial charge in [-0.1, -0.05) is 54.6 Å². The van der Waals surface area contributed by atoms with Crippen LogP contribution in [0.2, 0.25) is 0 Å². The number of methoxy groups -OCH3 is 1. The number of carbonyl (C=O) groups is 2. The van der Waals surface area contributed by atoms with Gasteiger partial charge in [0.25, 0.3) is 11.6 Å². The fraction of sp³-hybridized carbons (Fsp3) is 0.152. The molecule has 204 valence electrons. The van der Waals surface area contributed by atoms with Crippen molar-refractivity contribution in [1.29, 1.82) is 0 Å². The normalized spacial score (nSPS) is 18.1. The molecule has 8 heteroatoms. The van der Waals surface area contributed by atoms with Gasteiger partial charge >= 0.3 is 0 Å². The Morgan fingerprint density at radius 3 is 2.37 bits per heavy atom. The molecule has 1 N–H and O–H groups in total. The summed E-state index contributed by atoms with van der Waals surface area (Å²) in [5.74, 6) is 0.219. The van der Waals surface area contributed by atoms with Crippen molar-refractivity contribution >= 4 is 28.8 Å². The molecule has 4 aromatic carbocycles. The van der Waals surface area contributed by atoms with Gasteiger partial charge in [0.15, 0.2) is 5.78 Å². The minimum atomic E-state index is -0.877. The molecule has 0 unspecified atom stereocenters. The maximum atomic E-state index is 14.3. The molecule has 0 saturated carbocycles. The number of ketones is 1. The van der Waals surface area contributed by atoms with E-state index in [2.05, 4.69) is 5.32 Å². The first-order valence-corrected chi connectivity index (χ1v) is 13.3. The van der Waals surface area contributed by atoms with Gasteiger partial charge in [-0.05, 0) is 59.9 Å². The van der Waals surface area contributed by atoms with Gasteiger partial charge in [0.05, 0.1) is 29.4 Å². The van der Waals surface area contributed by atoms with E-state index in [0.29, 0.717) is 40.2 Å². The Morgan fingerprint density at radius 2 is 1.63 bits per heavy atom. The van der Waals surface area contributed by atoms with Gasteiger partial charge in [0, 0.05) is 35.4 Å². The zero-order chi connectivity index (χ0) is 28.5. The number of nitrogens with one attached hydrogen (secondary N) is 1. The molecule has 1 aliphatic heterocycles. The van der Waals surface area contributed by atoms with E-state index in [1.165, 1.54) is 12.1 Å². The Morgan fingerprint density at radius 1 is 0.902 bits per heavy atom. The molecule has 8 nitrogen and oxygen atoms in total. The van der Waals surface area contributed by atoms with Crippen LogP contribution in [-0.4, -0.2) is 23.7 Å². The number of Topliss-reactive ketones (excluding diaryl/α,β-unsaturated/α-hetero) is 1. The first-order valence-electron chi connectivity index (χ1n) is 13.3. The number of fused-ring (bicyclic) bond motifs is 1. The Hall–Kier alpha value is -5.24. The van der Waals surface area contributed by atoms with Gasteiger partial charge in [-0.2, -0.15) is 0 Å². The smallest absolute Gasteiger partial charge is 0.269 e. The second-order valence-electron chi connectivity index (χ2n) is 10.1. The van der Waals surface area contributed by atoms with E-state index in [-0.39, 0.29) is 29.7 Å². The summed E-state index contributed by atoms with van der Waals surface area (Å²) in [6, 6.07) is 29.3. The van der Waals surface area contributed by atoms with E-state index in [4.69, 9.17) is 4.74 Å². The van der Waals surface area contributed by atoms with Crippen LogP contribution in [0.3, 0.4) is 0 Å². The number of nitro groups is 1. The number of nitrogens with zero attached hydrogens (tertiary/aromatic N) is 2. The van der Waals surface area contributed by atoms with Crippen molar-refractivity contribution in [3.05, 3.63) is 141 Å². The molecule has 1 amide bonds. The number of rotatable bonds is 5. The molecule has 1 aliphatic carbocycles. The van der Waals surface area contributed by atoms with Crippen molar-refractivity contribution in [3.8, 4) is 5.75 Å². The van der Waals surface area contributed by atoms with Crippen LogP contribution in [-0.2, 0) is 4.79 Å². The number of amides is 1. The lowest BCUT2D eigenvalue weighted by Crippen LogP contribution is -2.38. The number of hydrogen-bond donors (Lipinski definition) is 1. The van der Waals surface area contributed by atoms with Crippen molar-refractivity contribution in [2.75, 3.05) is 17.3 Å². The summed E-state index contributed by atoms with van der Waals surface area (Å²) in [5.41, 5.74) is 4.24. The summed E-state index contributed by atoms with van der Waals surface area (Å²) in [4.78, 5) is 41.3. The highest BCUT2D eigenvalue weighted by Crippen LogP contribution is 2.48. The lowest BCUT2D eigenvalue weighted by Gasteiger charge is -2.35. The molecule has 2 aliphatic rings. The van der Waals surface area contributed by atoms with Crippen molar-refractivity contribution < 1.29 is 19.2 Å². The molecule has 6 rings (SSSR count). The minimum absolute atomic E-state index is 0.0889. The molecule has 1 heterocycles. The number of benzene rings is 4. The SMILES string of the molecule is COc1ccc([C@@H]2CC(=O)C3=C(C2)Nc2ccccc2N(C(=O)c2ccccc2)[C@@H]3c2cccc([N+](=O)[O-])c2)cc1. The van der Waals surface area contributed by atoms with E-state index in [0.717, 1.165) is 11.3 Å². The van der Waals surface area contributed by atoms with Gasteiger partial charge in [0.1, 0.15) is 5.75 Å². The average Bonchev–Trinajstić information content (AvgIpc) is 3.16. The molecule has 0 radical (unpaired) electrons. The van der Waals surface area contributed by atoms with Crippen LogP contribution < -0.4 is 15.0 Å². The lowest BCUT2D eigenvalue weighted by molar-refractivity contribution is -0.384. The number of ether oxygens (including phenoxy) is 1. The monoisotopic (exact) mass is 545 g/mol. The molecule has 0 fully saturated rings. The standard InChI is InChI=1S/C33H27N3O5/c1-41-26-16-14-21(15-17-26)24-19-28-31(30(37)20-24)32(23-10-7-11-25(18-23)36(39)40)35(29-13-6-5-12-27(29)34-28)33(38)22-8-3-2-4-9-22/h2-18,24,32,34H,19-20H2,1H3/t24-,32+/m0/s1.